The fourth-order valence-corrected chi connectivity index (χ4v) is 1.94. The normalized spacial score (nSPS) is 24.9. The summed E-state index contributed by atoms with van der Waals surface area (Å²) < 4.78 is 15.6. The summed E-state index contributed by atoms with van der Waals surface area (Å²) in [6.45, 7) is 0.936. The molecular formula is C10H16FN3. The van der Waals surface area contributed by atoms with Crippen molar-refractivity contribution >= 4 is 0 Å². The number of hydrogen-bond donors (Lipinski definition) is 1. The van der Waals surface area contributed by atoms with Gasteiger partial charge in [-0.15, -0.1) is 0 Å². The van der Waals surface area contributed by atoms with Gasteiger partial charge in [-0.25, -0.2) is 4.39 Å². The van der Waals surface area contributed by atoms with Crippen LogP contribution in [0.15, 0.2) is 12.4 Å². The Labute approximate surface area is 83.3 Å². The van der Waals surface area contributed by atoms with Gasteiger partial charge in [-0.3, -0.25) is 4.68 Å². The summed E-state index contributed by atoms with van der Waals surface area (Å²) in [5.74, 6) is 0. The molecule has 2 rings (SSSR count). The molecule has 0 amide bonds. The van der Waals surface area contributed by atoms with E-state index < -0.39 is 6.17 Å². The number of rotatable bonds is 2. The van der Waals surface area contributed by atoms with Crippen LogP contribution in [0, 0.1) is 0 Å². The molecule has 1 saturated heterocycles. The number of nitrogens with zero attached hydrogens (tertiary/aromatic N) is 2. The third-order valence-corrected chi connectivity index (χ3v) is 2.74. The van der Waals surface area contributed by atoms with Gasteiger partial charge >= 0.3 is 0 Å². The second-order valence-corrected chi connectivity index (χ2v) is 3.91. The number of hydrogen-bond acceptors (Lipinski definition) is 2. The van der Waals surface area contributed by atoms with Crippen molar-refractivity contribution in [1.82, 2.24) is 15.1 Å². The lowest BCUT2D eigenvalue weighted by Gasteiger charge is -2.25. The Morgan fingerprint density at radius 2 is 2.50 bits per heavy atom. The van der Waals surface area contributed by atoms with E-state index in [0.717, 1.165) is 25.8 Å². The second kappa shape index (κ2) is 4.09. The highest BCUT2D eigenvalue weighted by Crippen LogP contribution is 2.25. The Hall–Kier alpha value is -0.900. The zero-order chi connectivity index (χ0) is 9.97. The van der Waals surface area contributed by atoms with Crippen LogP contribution >= 0.6 is 0 Å². The van der Waals surface area contributed by atoms with E-state index in [0.29, 0.717) is 5.56 Å². The third-order valence-electron chi connectivity index (χ3n) is 2.74. The van der Waals surface area contributed by atoms with Gasteiger partial charge < -0.3 is 5.32 Å². The molecule has 0 aliphatic carbocycles. The fraction of sp³-hybridized carbons (Fsp3) is 0.700. The van der Waals surface area contributed by atoms with Crippen LogP contribution in [-0.2, 0) is 7.05 Å². The van der Waals surface area contributed by atoms with E-state index in [9.17, 15) is 4.39 Å². The molecule has 1 N–H and O–H groups in total. The SMILES string of the molecule is Cn1cc(C(F)C2CCCCN2)cn1. The van der Waals surface area contributed by atoms with Crippen LogP contribution in [0.3, 0.4) is 0 Å². The first-order valence-electron chi connectivity index (χ1n) is 5.13. The van der Waals surface area contributed by atoms with E-state index in [-0.39, 0.29) is 6.04 Å². The molecule has 0 aromatic carbocycles. The van der Waals surface area contributed by atoms with Crippen molar-refractivity contribution in [3.05, 3.63) is 18.0 Å². The minimum absolute atomic E-state index is 0.0204. The highest BCUT2D eigenvalue weighted by Gasteiger charge is 2.24. The first-order chi connectivity index (χ1) is 6.77. The molecule has 1 aromatic heterocycles. The van der Waals surface area contributed by atoms with E-state index >= 15 is 0 Å². The van der Waals surface area contributed by atoms with E-state index in [4.69, 9.17) is 0 Å². The van der Waals surface area contributed by atoms with Crippen LogP contribution in [-0.4, -0.2) is 22.4 Å². The maximum Gasteiger partial charge on any atom is 0.143 e. The first-order valence-corrected chi connectivity index (χ1v) is 5.13. The van der Waals surface area contributed by atoms with Crippen LogP contribution in [0.2, 0.25) is 0 Å². The van der Waals surface area contributed by atoms with Gasteiger partial charge in [0.1, 0.15) is 6.17 Å². The average Bonchev–Trinajstić information content (AvgIpc) is 2.65. The highest BCUT2D eigenvalue weighted by molar-refractivity contribution is 5.11. The van der Waals surface area contributed by atoms with Crippen molar-refractivity contribution < 1.29 is 4.39 Å². The summed E-state index contributed by atoms with van der Waals surface area (Å²) in [4.78, 5) is 0. The van der Waals surface area contributed by atoms with Gasteiger partial charge in [-0.05, 0) is 19.4 Å². The second-order valence-electron chi connectivity index (χ2n) is 3.91. The Balaban J connectivity index is 2.03. The van der Waals surface area contributed by atoms with Gasteiger partial charge in [-0.2, -0.15) is 5.10 Å². The lowest BCUT2D eigenvalue weighted by Crippen LogP contribution is -2.37. The van der Waals surface area contributed by atoms with Crippen LogP contribution in [0.1, 0.15) is 31.0 Å². The molecule has 4 heteroatoms. The fourth-order valence-electron chi connectivity index (χ4n) is 1.94. The van der Waals surface area contributed by atoms with E-state index in [2.05, 4.69) is 10.4 Å². The predicted octanol–water partition coefficient (Wildman–Crippen LogP) is 1.57. The molecule has 0 bridgehead atoms. The summed E-state index contributed by atoms with van der Waals surface area (Å²) in [5.41, 5.74) is 0.687. The van der Waals surface area contributed by atoms with Gasteiger partial charge in [0, 0.05) is 24.8 Å². The standard InChI is InChI=1S/C10H16FN3/c1-14-7-8(6-13-14)10(11)9-4-2-3-5-12-9/h6-7,9-10,12H,2-5H2,1H3. The van der Waals surface area contributed by atoms with Crippen molar-refractivity contribution in [2.24, 2.45) is 7.05 Å². The van der Waals surface area contributed by atoms with Gasteiger partial charge in [0.25, 0.3) is 0 Å². The number of nitrogens with one attached hydrogen (secondary N) is 1. The maximum atomic E-state index is 13.9. The summed E-state index contributed by atoms with van der Waals surface area (Å²) in [7, 11) is 1.81. The Bertz CT molecular complexity index is 291. The van der Waals surface area contributed by atoms with Crippen molar-refractivity contribution in [3.63, 3.8) is 0 Å². The Morgan fingerprint density at radius 1 is 1.64 bits per heavy atom. The molecule has 2 heterocycles. The van der Waals surface area contributed by atoms with E-state index in [1.54, 1.807) is 17.1 Å². The van der Waals surface area contributed by atoms with Crippen LogP contribution in [0.5, 0.6) is 0 Å². The van der Waals surface area contributed by atoms with Gasteiger partial charge in [-0.1, -0.05) is 6.42 Å². The molecule has 2 atom stereocenters. The molecular weight excluding hydrogens is 181 g/mol. The number of piperidine rings is 1. The lowest BCUT2D eigenvalue weighted by atomic mass is 9.98. The predicted molar refractivity (Wildman–Crippen MR) is 52.7 cm³/mol. The molecule has 78 valence electrons. The first kappa shape index (κ1) is 9.65. The minimum atomic E-state index is -0.913. The Kier molecular flexibility index (Phi) is 2.82. The largest absolute Gasteiger partial charge is 0.311 e. The van der Waals surface area contributed by atoms with Gasteiger partial charge in [0.15, 0.2) is 0 Å². The van der Waals surface area contributed by atoms with Gasteiger partial charge in [0.2, 0.25) is 0 Å². The molecule has 1 aromatic rings. The summed E-state index contributed by atoms with van der Waals surface area (Å²) >= 11 is 0. The number of aryl methyl sites for hydroxylation is 1. The molecule has 1 fully saturated rings. The molecule has 1 aliphatic rings. The maximum absolute atomic E-state index is 13.9. The van der Waals surface area contributed by atoms with Crippen LogP contribution in [0.25, 0.3) is 0 Å². The minimum Gasteiger partial charge on any atom is -0.311 e. The van der Waals surface area contributed by atoms with Gasteiger partial charge in [0.05, 0.1) is 6.20 Å². The zero-order valence-corrected chi connectivity index (χ0v) is 8.41. The smallest absolute Gasteiger partial charge is 0.143 e. The molecule has 14 heavy (non-hydrogen) atoms. The van der Waals surface area contributed by atoms with Crippen molar-refractivity contribution in [2.75, 3.05) is 6.54 Å². The lowest BCUT2D eigenvalue weighted by molar-refractivity contribution is 0.221. The van der Waals surface area contributed by atoms with Crippen molar-refractivity contribution in [2.45, 2.75) is 31.5 Å². The monoisotopic (exact) mass is 197 g/mol. The topological polar surface area (TPSA) is 29.9 Å². The van der Waals surface area contributed by atoms with Crippen LogP contribution < -0.4 is 5.32 Å². The van der Waals surface area contributed by atoms with E-state index in [1.165, 1.54) is 0 Å². The summed E-state index contributed by atoms with van der Waals surface area (Å²) in [6, 6.07) is -0.0204. The van der Waals surface area contributed by atoms with Crippen LogP contribution in [0.4, 0.5) is 4.39 Å². The van der Waals surface area contributed by atoms with Crippen molar-refractivity contribution in [3.8, 4) is 0 Å². The van der Waals surface area contributed by atoms with Crippen molar-refractivity contribution in [1.29, 1.82) is 0 Å². The Morgan fingerprint density at radius 3 is 3.07 bits per heavy atom. The molecule has 1 aliphatic heterocycles. The average molecular weight is 197 g/mol. The third kappa shape index (κ3) is 1.95. The molecule has 2 unspecified atom stereocenters. The molecule has 3 nitrogen and oxygen atoms in total. The molecule has 0 saturated carbocycles. The highest BCUT2D eigenvalue weighted by atomic mass is 19.1. The summed E-state index contributed by atoms with van der Waals surface area (Å²) in [6.07, 6.45) is 5.66. The number of halogens is 1. The quantitative estimate of drug-likeness (QED) is 0.780. The number of aromatic nitrogens is 2. The summed E-state index contributed by atoms with van der Waals surface area (Å²) in [5, 5.41) is 7.20. The number of alkyl halides is 1. The van der Waals surface area contributed by atoms with E-state index in [1.807, 2.05) is 7.05 Å². The molecule has 0 spiro atoms. The zero-order valence-electron chi connectivity index (χ0n) is 8.41. The molecule has 0 radical (unpaired) electrons.